The Labute approximate surface area is 136 Å². The van der Waals surface area contributed by atoms with Gasteiger partial charge in [-0.05, 0) is 38.1 Å². The first kappa shape index (κ1) is 14.9. The monoisotopic (exact) mass is 309 g/mol. The molecule has 0 N–H and O–H groups in total. The van der Waals surface area contributed by atoms with Crippen LogP contribution in [0.1, 0.15) is 19.5 Å². The highest BCUT2D eigenvalue weighted by atomic mass is 32.2. The number of hydrogen-bond donors (Lipinski definition) is 0. The third-order valence-corrected chi connectivity index (χ3v) is 4.91. The summed E-state index contributed by atoms with van der Waals surface area (Å²) in [4.78, 5) is 3.70. The molecule has 3 rings (SSSR count). The van der Waals surface area contributed by atoms with Crippen molar-refractivity contribution < 1.29 is 4.57 Å². The summed E-state index contributed by atoms with van der Waals surface area (Å²) in [6, 6.07) is 14.9. The van der Waals surface area contributed by atoms with Crippen molar-refractivity contribution in [1.29, 1.82) is 0 Å². The predicted octanol–water partition coefficient (Wildman–Crippen LogP) is 4.48. The number of nitrogens with zero attached hydrogens (tertiary/aromatic N) is 2. The van der Waals surface area contributed by atoms with Crippen molar-refractivity contribution in [3.05, 3.63) is 71.5 Å². The van der Waals surface area contributed by atoms with Gasteiger partial charge in [0.15, 0.2) is 6.20 Å². The quantitative estimate of drug-likeness (QED) is 0.769. The lowest BCUT2D eigenvalue weighted by molar-refractivity contribution is -0.695. The normalized spacial score (nSPS) is 15.7. The summed E-state index contributed by atoms with van der Waals surface area (Å²) in [6.45, 7) is 6.34. The molecule has 2 aromatic rings. The van der Waals surface area contributed by atoms with Crippen LogP contribution in [0.5, 0.6) is 0 Å². The second-order valence-electron chi connectivity index (χ2n) is 5.09. The molecule has 0 saturated heterocycles. The van der Waals surface area contributed by atoms with Gasteiger partial charge in [0.1, 0.15) is 6.54 Å². The molecule has 0 fully saturated rings. The van der Waals surface area contributed by atoms with E-state index in [1.165, 1.54) is 21.3 Å². The highest BCUT2D eigenvalue weighted by molar-refractivity contribution is 8.03. The average molecular weight is 309 g/mol. The first-order chi connectivity index (χ1) is 10.8. The lowest BCUT2D eigenvalue weighted by Crippen LogP contribution is -2.34. The molecule has 1 aromatic carbocycles. The average Bonchev–Trinajstić information content (AvgIpc) is 2.92. The second-order valence-corrected chi connectivity index (χ2v) is 6.15. The predicted molar refractivity (Wildman–Crippen MR) is 94.7 cm³/mol. The van der Waals surface area contributed by atoms with Crippen molar-refractivity contribution in [3.63, 3.8) is 0 Å². The lowest BCUT2D eigenvalue weighted by Gasteiger charge is -2.17. The molecule has 1 aromatic heterocycles. The van der Waals surface area contributed by atoms with E-state index in [0.717, 1.165) is 13.1 Å². The Hall–Kier alpha value is -2.00. The SMILES string of the molecule is CCN1/C(=C\C=C\c2cccc[n+]2CC)Sc2ccccc21. The number of thioether (sulfide) groups is 1. The van der Waals surface area contributed by atoms with Crippen LogP contribution in [-0.4, -0.2) is 6.54 Å². The van der Waals surface area contributed by atoms with Gasteiger partial charge in [-0.3, -0.25) is 0 Å². The number of fused-ring (bicyclic) bond motifs is 1. The number of aromatic nitrogens is 1. The Morgan fingerprint density at radius 2 is 1.91 bits per heavy atom. The smallest absolute Gasteiger partial charge is 0.205 e. The van der Waals surface area contributed by atoms with Crippen LogP contribution in [0.15, 0.2) is 70.7 Å². The van der Waals surface area contributed by atoms with Crippen LogP contribution < -0.4 is 9.47 Å². The van der Waals surface area contributed by atoms with Crippen molar-refractivity contribution in [2.75, 3.05) is 11.4 Å². The van der Waals surface area contributed by atoms with E-state index >= 15 is 0 Å². The van der Waals surface area contributed by atoms with E-state index < -0.39 is 0 Å². The van der Waals surface area contributed by atoms with Gasteiger partial charge in [0.05, 0.1) is 10.7 Å². The summed E-state index contributed by atoms with van der Waals surface area (Å²) in [6.07, 6.45) is 8.65. The summed E-state index contributed by atoms with van der Waals surface area (Å²) in [5.74, 6) is 0. The first-order valence-electron chi connectivity index (χ1n) is 7.74. The number of hydrogen-bond acceptors (Lipinski definition) is 2. The van der Waals surface area contributed by atoms with Crippen LogP contribution in [-0.2, 0) is 6.54 Å². The van der Waals surface area contributed by atoms with Gasteiger partial charge in [-0.25, -0.2) is 0 Å². The minimum Gasteiger partial charge on any atom is -0.335 e. The third-order valence-electron chi connectivity index (χ3n) is 3.78. The van der Waals surface area contributed by atoms with Gasteiger partial charge in [0, 0.05) is 29.6 Å². The molecule has 1 aliphatic rings. The molecule has 0 bridgehead atoms. The number of anilines is 1. The molecule has 2 nitrogen and oxygen atoms in total. The van der Waals surface area contributed by atoms with Gasteiger partial charge < -0.3 is 4.90 Å². The molecule has 2 heterocycles. The highest BCUT2D eigenvalue weighted by Gasteiger charge is 2.22. The standard InChI is InChI=1S/C19H21N2S/c1-3-20-15-8-7-10-16(20)11-9-14-19-21(4-2)17-12-5-6-13-18(17)22-19/h5-15H,3-4H2,1-2H3/q+1. The molecule has 112 valence electrons. The Morgan fingerprint density at radius 1 is 1.09 bits per heavy atom. The van der Waals surface area contributed by atoms with Crippen LogP contribution >= 0.6 is 11.8 Å². The summed E-state index contributed by atoms with van der Waals surface area (Å²) >= 11 is 1.84. The van der Waals surface area contributed by atoms with Crippen molar-refractivity contribution in [2.24, 2.45) is 0 Å². The minimum absolute atomic E-state index is 0.984. The fourth-order valence-electron chi connectivity index (χ4n) is 2.66. The van der Waals surface area contributed by atoms with Crippen LogP contribution in [0.3, 0.4) is 0 Å². The number of rotatable bonds is 4. The molecular weight excluding hydrogens is 288 g/mol. The molecule has 0 amide bonds. The van der Waals surface area contributed by atoms with Gasteiger partial charge in [0.2, 0.25) is 5.69 Å². The van der Waals surface area contributed by atoms with Crippen molar-refractivity contribution in [1.82, 2.24) is 0 Å². The van der Waals surface area contributed by atoms with Gasteiger partial charge in [0.25, 0.3) is 0 Å². The van der Waals surface area contributed by atoms with E-state index in [4.69, 9.17) is 0 Å². The van der Waals surface area contributed by atoms with E-state index in [2.05, 4.69) is 90.2 Å². The zero-order chi connectivity index (χ0) is 15.4. The molecule has 0 saturated carbocycles. The zero-order valence-corrected chi connectivity index (χ0v) is 13.9. The maximum atomic E-state index is 2.36. The molecule has 0 spiro atoms. The molecule has 0 radical (unpaired) electrons. The molecule has 1 aliphatic heterocycles. The number of para-hydroxylation sites is 1. The van der Waals surface area contributed by atoms with E-state index in [9.17, 15) is 0 Å². The second kappa shape index (κ2) is 6.84. The summed E-state index contributed by atoms with van der Waals surface area (Å²) in [5, 5.41) is 1.29. The van der Waals surface area contributed by atoms with Crippen LogP contribution in [0.25, 0.3) is 6.08 Å². The molecule has 22 heavy (non-hydrogen) atoms. The Balaban J connectivity index is 1.83. The molecule has 3 heteroatoms. The molecule has 0 atom stereocenters. The van der Waals surface area contributed by atoms with Crippen molar-refractivity contribution in [2.45, 2.75) is 25.3 Å². The Kier molecular flexibility index (Phi) is 4.64. The van der Waals surface area contributed by atoms with Crippen LogP contribution in [0, 0.1) is 0 Å². The Bertz CT molecular complexity index is 719. The topological polar surface area (TPSA) is 7.12 Å². The third kappa shape index (κ3) is 2.95. The number of pyridine rings is 1. The van der Waals surface area contributed by atoms with Gasteiger partial charge in [-0.15, -0.1) is 0 Å². The molecular formula is C19H21N2S+. The summed E-state index contributed by atoms with van der Waals surface area (Å²) in [5.41, 5.74) is 2.54. The minimum atomic E-state index is 0.984. The fraction of sp³-hybridized carbons (Fsp3) is 0.211. The van der Waals surface area contributed by atoms with E-state index in [1.807, 2.05) is 11.8 Å². The highest BCUT2D eigenvalue weighted by Crippen LogP contribution is 2.45. The maximum Gasteiger partial charge on any atom is 0.205 e. The van der Waals surface area contributed by atoms with Crippen molar-refractivity contribution in [3.8, 4) is 0 Å². The number of allylic oxidation sites excluding steroid dienone is 2. The van der Waals surface area contributed by atoms with E-state index in [1.54, 1.807) is 0 Å². The lowest BCUT2D eigenvalue weighted by atomic mass is 10.3. The van der Waals surface area contributed by atoms with E-state index in [0.29, 0.717) is 0 Å². The fourth-order valence-corrected chi connectivity index (χ4v) is 3.80. The number of aryl methyl sites for hydroxylation is 1. The number of benzene rings is 1. The van der Waals surface area contributed by atoms with Crippen molar-refractivity contribution >= 4 is 23.5 Å². The zero-order valence-electron chi connectivity index (χ0n) is 13.1. The van der Waals surface area contributed by atoms with E-state index in [-0.39, 0.29) is 0 Å². The van der Waals surface area contributed by atoms with Gasteiger partial charge in [-0.2, -0.15) is 4.57 Å². The largest absolute Gasteiger partial charge is 0.335 e. The van der Waals surface area contributed by atoms with Gasteiger partial charge >= 0.3 is 0 Å². The maximum absolute atomic E-state index is 2.36. The first-order valence-corrected chi connectivity index (χ1v) is 8.56. The van der Waals surface area contributed by atoms with Crippen LogP contribution in [0.4, 0.5) is 5.69 Å². The van der Waals surface area contributed by atoms with Gasteiger partial charge in [-0.1, -0.05) is 30.0 Å². The Morgan fingerprint density at radius 3 is 2.73 bits per heavy atom. The summed E-state index contributed by atoms with van der Waals surface area (Å²) in [7, 11) is 0. The molecule has 0 aliphatic carbocycles. The van der Waals surface area contributed by atoms with Crippen LogP contribution in [0.2, 0.25) is 0 Å². The molecule has 0 unspecified atom stereocenters. The summed E-state index contributed by atoms with van der Waals surface area (Å²) < 4.78 is 2.24.